The fourth-order valence-electron chi connectivity index (χ4n) is 2.41. The predicted octanol–water partition coefficient (Wildman–Crippen LogP) is 1.95. The van der Waals surface area contributed by atoms with Gasteiger partial charge in [0.05, 0.1) is 0 Å². The second kappa shape index (κ2) is 4.78. The molecule has 1 aliphatic rings. The molecule has 8 heteroatoms. The van der Waals surface area contributed by atoms with Crippen LogP contribution in [0.15, 0.2) is 11.6 Å². The normalized spacial score (nSPS) is 23.6. The third-order valence-electron chi connectivity index (χ3n) is 3.40. The summed E-state index contributed by atoms with van der Waals surface area (Å²) in [5, 5.41) is 12.9. The molecule has 2 atom stereocenters. The summed E-state index contributed by atoms with van der Waals surface area (Å²) < 4.78 is 7.15. The summed E-state index contributed by atoms with van der Waals surface area (Å²) in [7, 11) is 0. The Hall–Kier alpha value is -1.67. The Morgan fingerprint density at radius 1 is 1.53 bits per heavy atom. The van der Waals surface area contributed by atoms with E-state index in [1.54, 1.807) is 11.6 Å². The van der Waals surface area contributed by atoms with E-state index in [4.69, 9.17) is 10.5 Å². The van der Waals surface area contributed by atoms with Crippen molar-refractivity contribution in [2.45, 2.75) is 37.8 Å². The molecule has 1 fully saturated rings. The van der Waals surface area contributed by atoms with Crippen molar-refractivity contribution in [2.24, 2.45) is 5.73 Å². The van der Waals surface area contributed by atoms with Crippen LogP contribution in [-0.4, -0.2) is 26.5 Å². The molecule has 3 rings (SSSR count). The molecule has 2 unspecified atom stereocenters. The first-order valence-electron chi connectivity index (χ1n) is 6.19. The lowest BCUT2D eigenvalue weighted by molar-refractivity contribution is -0.391. The summed E-state index contributed by atoms with van der Waals surface area (Å²) in [6.45, 7) is 0. The molecule has 0 saturated heterocycles. The van der Waals surface area contributed by atoms with Gasteiger partial charge in [-0.15, -0.1) is 0 Å². The lowest BCUT2D eigenvalue weighted by atomic mass is 9.93. The summed E-state index contributed by atoms with van der Waals surface area (Å²) in [4.78, 5) is 15.4. The Balaban J connectivity index is 1.93. The zero-order valence-corrected chi connectivity index (χ0v) is 11.0. The molecular weight excluding hydrogens is 268 g/mol. The maximum atomic E-state index is 11.2. The van der Waals surface area contributed by atoms with Gasteiger partial charge in [0, 0.05) is 11.4 Å². The number of imidazole rings is 1. The van der Waals surface area contributed by atoms with Gasteiger partial charge in [0.25, 0.3) is 4.96 Å². The minimum atomic E-state index is -0.462. The SMILES string of the molecule is NC1CCCCC1Oc1nc2sccn2c1[N+](=O)[O-]. The van der Waals surface area contributed by atoms with Crippen LogP contribution in [0.3, 0.4) is 0 Å². The number of thiazole rings is 1. The van der Waals surface area contributed by atoms with Gasteiger partial charge in [-0.2, -0.15) is 9.38 Å². The first-order valence-corrected chi connectivity index (χ1v) is 7.07. The van der Waals surface area contributed by atoms with Crippen LogP contribution in [0, 0.1) is 10.1 Å². The summed E-state index contributed by atoms with van der Waals surface area (Å²) in [6, 6.07) is -0.0758. The highest BCUT2D eigenvalue weighted by molar-refractivity contribution is 7.15. The second-order valence-electron chi connectivity index (χ2n) is 4.66. The molecule has 0 aliphatic heterocycles. The maximum absolute atomic E-state index is 11.2. The highest BCUT2D eigenvalue weighted by atomic mass is 32.1. The fourth-order valence-corrected chi connectivity index (χ4v) is 3.12. The topological polar surface area (TPSA) is 95.7 Å². The molecule has 0 radical (unpaired) electrons. The molecule has 2 aromatic rings. The van der Waals surface area contributed by atoms with E-state index in [1.165, 1.54) is 15.7 Å². The summed E-state index contributed by atoms with van der Waals surface area (Å²) >= 11 is 1.34. The standard InChI is InChI=1S/C11H14N4O3S/c12-7-3-1-2-4-8(7)18-9-10(15(16)17)14-5-6-19-11(14)13-9/h5-8H,1-4,12H2. The molecule has 0 bridgehead atoms. The summed E-state index contributed by atoms with van der Waals surface area (Å²) in [5.41, 5.74) is 6.00. The highest BCUT2D eigenvalue weighted by Crippen LogP contribution is 2.32. The van der Waals surface area contributed by atoms with Gasteiger partial charge in [-0.1, -0.05) is 17.8 Å². The third-order valence-corrected chi connectivity index (χ3v) is 4.15. The smallest absolute Gasteiger partial charge is 0.393 e. The van der Waals surface area contributed by atoms with Crippen molar-refractivity contribution >= 4 is 22.1 Å². The predicted molar refractivity (Wildman–Crippen MR) is 70.6 cm³/mol. The summed E-state index contributed by atoms with van der Waals surface area (Å²) in [5.74, 6) is -0.0341. The molecule has 102 valence electrons. The van der Waals surface area contributed by atoms with E-state index in [1.807, 2.05) is 0 Å². The van der Waals surface area contributed by atoms with Crippen molar-refractivity contribution < 1.29 is 9.66 Å². The van der Waals surface area contributed by atoms with Crippen LogP contribution in [0.2, 0.25) is 0 Å². The van der Waals surface area contributed by atoms with E-state index < -0.39 is 4.92 Å². The molecular formula is C11H14N4O3S. The van der Waals surface area contributed by atoms with Gasteiger partial charge in [-0.25, -0.2) is 0 Å². The lowest BCUT2D eigenvalue weighted by Crippen LogP contribution is -2.41. The largest absolute Gasteiger partial charge is 0.467 e. The van der Waals surface area contributed by atoms with E-state index in [0.29, 0.717) is 4.96 Å². The Bertz CT molecular complexity index is 608. The lowest BCUT2D eigenvalue weighted by Gasteiger charge is -2.27. The number of ether oxygens (including phenoxy) is 1. The summed E-state index contributed by atoms with van der Waals surface area (Å²) in [6.07, 6.45) is 5.27. The quantitative estimate of drug-likeness (QED) is 0.685. The number of nitro groups is 1. The van der Waals surface area contributed by atoms with E-state index in [2.05, 4.69) is 4.98 Å². The molecule has 1 saturated carbocycles. The van der Waals surface area contributed by atoms with Crippen LogP contribution < -0.4 is 10.5 Å². The number of aromatic nitrogens is 2. The van der Waals surface area contributed by atoms with Crippen molar-refractivity contribution in [3.63, 3.8) is 0 Å². The van der Waals surface area contributed by atoms with Gasteiger partial charge < -0.3 is 20.6 Å². The fraction of sp³-hybridized carbons (Fsp3) is 0.545. The average molecular weight is 282 g/mol. The van der Waals surface area contributed by atoms with Gasteiger partial charge in [-0.05, 0) is 24.2 Å². The maximum Gasteiger partial charge on any atom is 0.393 e. The van der Waals surface area contributed by atoms with Crippen molar-refractivity contribution in [2.75, 3.05) is 0 Å². The van der Waals surface area contributed by atoms with Crippen molar-refractivity contribution in [3.8, 4) is 5.88 Å². The van der Waals surface area contributed by atoms with Crippen LogP contribution in [0.25, 0.3) is 4.96 Å². The molecule has 2 heterocycles. The Morgan fingerprint density at radius 3 is 3.05 bits per heavy atom. The molecule has 2 aromatic heterocycles. The minimum Gasteiger partial charge on any atom is -0.467 e. The Kier molecular flexibility index (Phi) is 3.11. The van der Waals surface area contributed by atoms with Crippen molar-refractivity contribution in [1.29, 1.82) is 0 Å². The monoisotopic (exact) mass is 282 g/mol. The Morgan fingerprint density at radius 2 is 2.32 bits per heavy atom. The van der Waals surface area contributed by atoms with Gasteiger partial charge in [0.2, 0.25) is 0 Å². The van der Waals surface area contributed by atoms with Crippen LogP contribution >= 0.6 is 11.3 Å². The number of rotatable bonds is 3. The highest BCUT2D eigenvalue weighted by Gasteiger charge is 2.30. The molecule has 0 spiro atoms. The number of fused-ring (bicyclic) bond motifs is 1. The number of hydrogen-bond acceptors (Lipinski definition) is 6. The van der Waals surface area contributed by atoms with Crippen molar-refractivity contribution in [1.82, 2.24) is 9.38 Å². The molecule has 1 aliphatic carbocycles. The molecule has 2 N–H and O–H groups in total. The van der Waals surface area contributed by atoms with Crippen LogP contribution in [0.1, 0.15) is 25.7 Å². The zero-order valence-electron chi connectivity index (χ0n) is 10.2. The Labute approximate surface area is 113 Å². The first-order chi connectivity index (χ1) is 9.16. The van der Waals surface area contributed by atoms with E-state index in [9.17, 15) is 10.1 Å². The zero-order chi connectivity index (χ0) is 13.4. The average Bonchev–Trinajstić information content (AvgIpc) is 2.91. The number of hydrogen-bond donors (Lipinski definition) is 1. The van der Waals surface area contributed by atoms with Crippen LogP contribution in [-0.2, 0) is 0 Å². The van der Waals surface area contributed by atoms with E-state index >= 15 is 0 Å². The van der Waals surface area contributed by atoms with Crippen LogP contribution in [0.5, 0.6) is 5.88 Å². The van der Waals surface area contributed by atoms with Crippen molar-refractivity contribution in [3.05, 3.63) is 21.7 Å². The molecule has 19 heavy (non-hydrogen) atoms. The number of nitrogens with zero attached hydrogens (tertiary/aromatic N) is 3. The molecule has 7 nitrogen and oxygen atoms in total. The molecule has 0 amide bonds. The van der Waals surface area contributed by atoms with Gasteiger partial charge in [-0.3, -0.25) is 0 Å². The molecule has 0 aromatic carbocycles. The minimum absolute atomic E-state index is 0.0758. The number of nitrogens with two attached hydrogens (primary N) is 1. The third kappa shape index (κ3) is 2.17. The van der Waals surface area contributed by atoms with E-state index in [-0.39, 0.29) is 23.8 Å². The van der Waals surface area contributed by atoms with Gasteiger partial charge in [0.1, 0.15) is 12.3 Å². The van der Waals surface area contributed by atoms with Crippen LogP contribution in [0.4, 0.5) is 5.82 Å². The van der Waals surface area contributed by atoms with Gasteiger partial charge >= 0.3 is 11.7 Å². The first kappa shape index (κ1) is 12.4. The van der Waals surface area contributed by atoms with Gasteiger partial charge in [0.15, 0.2) is 0 Å². The second-order valence-corrected chi connectivity index (χ2v) is 5.53. The van der Waals surface area contributed by atoms with E-state index in [0.717, 1.165) is 25.7 Å².